The fourth-order valence-corrected chi connectivity index (χ4v) is 1.63. The highest BCUT2D eigenvalue weighted by atomic mass is 79.9. The molecular weight excluding hydrogens is 250 g/mol. The van der Waals surface area contributed by atoms with Crippen molar-refractivity contribution in [2.24, 2.45) is 0 Å². The first-order chi connectivity index (χ1) is 6.65. The zero-order valence-corrected chi connectivity index (χ0v) is 9.65. The standard InChI is InChI=1S/C11H13BrF2/c1-8-4-5-10(11(13)14)7-9(8)3-2-6-12/h4-5,7,11H,2-3,6H2,1H3. The van der Waals surface area contributed by atoms with Gasteiger partial charge in [0.1, 0.15) is 0 Å². The molecule has 3 heteroatoms. The van der Waals surface area contributed by atoms with Gasteiger partial charge in [-0.2, -0.15) is 0 Å². The van der Waals surface area contributed by atoms with Gasteiger partial charge in [-0.3, -0.25) is 0 Å². The van der Waals surface area contributed by atoms with Crippen molar-refractivity contribution in [3.63, 3.8) is 0 Å². The van der Waals surface area contributed by atoms with Crippen molar-refractivity contribution in [1.29, 1.82) is 0 Å². The topological polar surface area (TPSA) is 0 Å². The van der Waals surface area contributed by atoms with Crippen LogP contribution in [0.25, 0.3) is 0 Å². The molecule has 0 aromatic heterocycles. The summed E-state index contributed by atoms with van der Waals surface area (Å²) in [6.07, 6.45) is -0.524. The molecule has 0 fully saturated rings. The molecule has 0 saturated heterocycles. The smallest absolute Gasteiger partial charge is 0.205 e. The summed E-state index contributed by atoms with van der Waals surface area (Å²) in [4.78, 5) is 0. The summed E-state index contributed by atoms with van der Waals surface area (Å²) in [6.45, 7) is 1.96. The first-order valence-electron chi connectivity index (χ1n) is 4.58. The van der Waals surface area contributed by atoms with Crippen molar-refractivity contribution < 1.29 is 8.78 Å². The molecule has 0 nitrogen and oxygen atoms in total. The van der Waals surface area contributed by atoms with E-state index in [4.69, 9.17) is 0 Å². The number of benzene rings is 1. The molecule has 0 bridgehead atoms. The van der Waals surface area contributed by atoms with Crippen molar-refractivity contribution in [1.82, 2.24) is 0 Å². The second kappa shape index (κ2) is 5.44. The van der Waals surface area contributed by atoms with Crippen molar-refractivity contribution in [2.45, 2.75) is 26.2 Å². The van der Waals surface area contributed by atoms with Gasteiger partial charge in [0.2, 0.25) is 0 Å². The van der Waals surface area contributed by atoms with Crippen LogP contribution in [0.3, 0.4) is 0 Å². The molecule has 0 aliphatic carbocycles. The van der Waals surface area contributed by atoms with Crippen LogP contribution in [0.15, 0.2) is 18.2 Å². The second-order valence-electron chi connectivity index (χ2n) is 3.28. The van der Waals surface area contributed by atoms with E-state index in [2.05, 4.69) is 15.9 Å². The van der Waals surface area contributed by atoms with E-state index in [9.17, 15) is 8.78 Å². The van der Waals surface area contributed by atoms with Gasteiger partial charge in [-0.15, -0.1) is 0 Å². The summed E-state index contributed by atoms with van der Waals surface area (Å²) < 4.78 is 24.8. The van der Waals surface area contributed by atoms with Gasteiger partial charge in [0.25, 0.3) is 6.43 Å². The van der Waals surface area contributed by atoms with E-state index in [1.165, 1.54) is 6.07 Å². The van der Waals surface area contributed by atoms with Crippen LogP contribution >= 0.6 is 15.9 Å². The van der Waals surface area contributed by atoms with E-state index in [0.29, 0.717) is 0 Å². The molecule has 0 heterocycles. The summed E-state index contributed by atoms with van der Waals surface area (Å²) >= 11 is 3.33. The number of halogens is 3. The summed E-state index contributed by atoms with van der Waals surface area (Å²) in [5, 5.41) is 0.908. The molecule has 78 valence electrons. The molecule has 0 unspecified atom stereocenters. The minimum atomic E-state index is -2.36. The molecule has 1 rings (SSSR count). The van der Waals surface area contributed by atoms with Crippen LogP contribution in [0, 0.1) is 6.92 Å². The molecule has 0 radical (unpaired) electrons. The molecule has 0 aliphatic rings. The average Bonchev–Trinajstić information content (AvgIpc) is 2.16. The lowest BCUT2D eigenvalue weighted by Crippen LogP contribution is -1.94. The van der Waals surface area contributed by atoms with Gasteiger partial charge >= 0.3 is 0 Å². The summed E-state index contributed by atoms with van der Waals surface area (Å²) in [7, 11) is 0. The predicted octanol–water partition coefficient (Wildman–Crippen LogP) is 4.26. The Balaban J connectivity index is 2.85. The third-order valence-electron chi connectivity index (χ3n) is 2.20. The molecule has 0 spiro atoms. The summed E-state index contributed by atoms with van der Waals surface area (Å²) in [5.41, 5.74) is 2.25. The van der Waals surface area contributed by atoms with Gasteiger partial charge in [0.05, 0.1) is 0 Å². The van der Waals surface area contributed by atoms with Crippen LogP contribution in [0.4, 0.5) is 8.78 Å². The Kier molecular flexibility index (Phi) is 4.52. The molecule has 1 aromatic rings. The van der Waals surface area contributed by atoms with E-state index in [1.54, 1.807) is 12.1 Å². The minimum Gasteiger partial charge on any atom is -0.205 e. The monoisotopic (exact) mass is 262 g/mol. The van der Waals surface area contributed by atoms with Crippen LogP contribution in [-0.2, 0) is 6.42 Å². The van der Waals surface area contributed by atoms with Gasteiger partial charge in [0.15, 0.2) is 0 Å². The Labute approximate surface area is 91.5 Å². The molecule has 0 amide bonds. The minimum absolute atomic E-state index is 0.125. The third kappa shape index (κ3) is 3.05. The van der Waals surface area contributed by atoms with E-state index in [1.807, 2.05) is 6.92 Å². The Bertz CT molecular complexity index is 297. The predicted molar refractivity (Wildman–Crippen MR) is 58.3 cm³/mol. The molecule has 0 atom stereocenters. The lowest BCUT2D eigenvalue weighted by molar-refractivity contribution is 0.151. The molecule has 0 saturated carbocycles. The van der Waals surface area contributed by atoms with Gasteiger partial charge < -0.3 is 0 Å². The zero-order valence-electron chi connectivity index (χ0n) is 8.06. The van der Waals surface area contributed by atoms with Crippen LogP contribution < -0.4 is 0 Å². The second-order valence-corrected chi connectivity index (χ2v) is 4.07. The van der Waals surface area contributed by atoms with Gasteiger partial charge in [-0.25, -0.2) is 8.78 Å². The fourth-order valence-electron chi connectivity index (χ4n) is 1.35. The molecular formula is C11H13BrF2. The summed E-state index contributed by atoms with van der Waals surface area (Å²) in [6, 6.07) is 4.88. The zero-order chi connectivity index (χ0) is 10.6. The molecule has 0 aliphatic heterocycles. The summed E-state index contributed by atoms with van der Waals surface area (Å²) in [5.74, 6) is 0. The maximum absolute atomic E-state index is 12.4. The first kappa shape index (κ1) is 11.6. The van der Waals surface area contributed by atoms with E-state index in [-0.39, 0.29) is 5.56 Å². The van der Waals surface area contributed by atoms with E-state index < -0.39 is 6.43 Å². The van der Waals surface area contributed by atoms with Crippen LogP contribution in [0.2, 0.25) is 0 Å². The highest BCUT2D eigenvalue weighted by Gasteiger charge is 2.08. The van der Waals surface area contributed by atoms with Gasteiger partial charge in [0, 0.05) is 10.9 Å². The first-order valence-corrected chi connectivity index (χ1v) is 5.71. The average molecular weight is 263 g/mol. The Morgan fingerprint density at radius 3 is 2.64 bits per heavy atom. The molecule has 1 aromatic carbocycles. The maximum Gasteiger partial charge on any atom is 0.263 e. The van der Waals surface area contributed by atoms with Gasteiger partial charge in [-0.1, -0.05) is 28.1 Å². The van der Waals surface area contributed by atoms with Crippen molar-refractivity contribution in [3.05, 3.63) is 34.9 Å². The van der Waals surface area contributed by atoms with Crippen molar-refractivity contribution >= 4 is 15.9 Å². The third-order valence-corrected chi connectivity index (χ3v) is 2.77. The lowest BCUT2D eigenvalue weighted by Gasteiger charge is -2.07. The normalized spacial score (nSPS) is 10.9. The SMILES string of the molecule is Cc1ccc(C(F)F)cc1CCCBr. The molecule has 14 heavy (non-hydrogen) atoms. The van der Waals surface area contributed by atoms with Crippen LogP contribution in [0.1, 0.15) is 29.5 Å². The number of hydrogen-bond acceptors (Lipinski definition) is 0. The fraction of sp³-hybridized carbons (Fsp3) is 0.455. The Hall–Kier alpha value is -0.440. The van der Waals surface area contributed by atoms with Gasteiger partial charge in [-0.05, 0) is 37.0 Å². The Morgan fingerprint density at radius 1 is 1.36 bits per heavy atom. The number of rotatable bonds is 4. The highest BCUT2D eigenvalue weighted by Crippen LogP contribution is 2.22. The van der Waals surface area contributed by atoms with Crippen molar-refractivity contribution in [2.75, 3.05) is 5.33 Å². The van der Waals surface area contributed by atoms with Crippen LogP contribution in [0.5, 0.6) is 0 Å². The number of aryl methyl sites for hydroxylation is 2. The number of alkyl halides is 3. The number of hydrogen-bond donors (Lipinski definition) is 0. The van der Waals surface area contributed by atoms with E-state index in [0.717, 1.165) is 29.3 Å². The maximum atomic E-state index is 12.4. The Morgan fingerprint density at radius 2 is 2.07 bits per heavy atom. The van der Waals surface area contributed by atoms with Crippen LogP contribution in [-0.4, -0.2) is 5.33 Å². The van der Waals surface area contributed by atoms with E-state index >= 15 is 0 Å². The van der Waals surface area contributed by atoms with Crippen molar-refractivity contribution in [3.8, 4) is 0 Å². The lowest BCUT2D eigenvalue weighted by atomic mass is 10.0. The molecule has 0 N–H and O–H groups in total. The largest absolute Gasteiger partial charge is 0.263 e. The quantitative estimate of drug-likeness (QED) is 0.712. The highest BCUT2D eigenvalue weighted by molar-refractivity contribution is 9.09.